The summed E-state index contributed by atoms with van der Waals surface area (Å²) in [6.07, 6.45) is 22.8. The second kappa shape index (κ2) is 25.2. The number of hydrogen-bond donors (Lipinski definition) is 0. The van der Waals surface area contributed by atoms with Gasteiger partial charge in [-0.15, -0.1) is 0 Å². The van der Waals surface area contributed by atoms with Crippen molar-refractivity contribution in [3.63, 3.8) is 0 Å². The number of hydrogen-bond acceptors (Lipinski definition) is 3. The van der Waals surface area contributed by atoms with Crippen molar-refractivity contribution in [1.29, 1.82) is 0 Å². The molecule has 0 aromatic heterocycles. The van der Waals surface area contributed by atoms with Crippen LogP contribution in [-0.2, 0) is 14.3 Å². The third-order valence-corrected chi connectivity index (χ3v) is 5.20. The fourth-order valence-corrected chi connectivity index (χ4v) is 3.39. The van der Waals surface area contributed by atoms with Crippen LogP contribution < -0.4 is 29.6 Å². The quantitative estimate of drug-likeness (QED) is 0.125. The molecule has 0 aromatic rings. The van der Waals surface area contributed by atoms with Crippen LogP contribution in [0.2, 0.25) is 0 Å². The van der Waals surface area contributed by atoms with E-state index in [1.165, 1.54) is 89.9 Å². The first-order valence-electron chi connectivity index (χ1n) is 11.9. The number of carbonyl (C=O) groups excluding carboxylic acids is 2. The fraction of sp³-hybridized carbons (Fsp3) is 0.917. The monoisotopic (exact) mass is 405 g/mol. The zero-order valence-corrected chi connectivity index (χ0v) is 21.4. The Balaban J connectivity index is 0. The van der Waals surface area contributed by atoms with Gasteiger partial charge in [0.15, 0.2) is 0 Å². The zero-order chi connectivity index (χ0) is 20.0. The van der Waals surface area contributed by atoms with E-state index < -0.39 is 0 Å². The molecule has 0 aliphatic carbocycles. The van der Waals surface area contributed by atoms with Crippen molar-refractivity contribution in [2.45, 2.75) is 142 Å². The van der Waals surface area contributed by atoms with Gasteiger partial charge in [-0.2, -0.15) is 0 Å². The minimum absolute atomic E-state index is 0. The van der Waals surface area contributed by atoms with Gasteiger partial charge in [0, 0.05) is 12.8 Å². The van der Waals surface area contributed by atoms with Crippen LogP contribution in [0.15, 0.2) is 0 Å². The minimum Gasteiger partial charge on any atom is -0.393 e. The van der Waals surface area contributed by atoms with Gasteiger partial charge in [0.1, 0.15) is 0 Å². The van der Waals surface area contributed by atoms with Crippen LogP contribution >= 0.6 is 0 Å². The van der Waals surface area contributed by atoms with Crippen molar-refractivity contribution in [3.05, 3.63) is 0 Å². The van der Waals surface area contributed by atoms with Crippen LogP contribution in [0.5, 0.6) is 0 Å². The van der Waals surface area contributed by atoms with Crippen molar-refractivity contribution in [2.75, 3.05) is 0 Å². The van der Waals surface area contributed by atoms with Crippen molar-refractivity contribution in [1.82, 2.24) is 0 Å². The first-order chi connectivity index (χ1) is 13.2. The number of esters is 2. The third kappa shape index (κ3) is 24.2. The molecule has 0 bridgehead atoms. The average molecular weight is 406 g/mol. The molecule has 0 aromatic carbocycles. The first kappa shape index (κ1) is 30.3. The number of unbranched alkanes of at least 4 members (excludes halogenated alkanes) is 16. The van der Waals surface area contributed by atoms with E-state index in [1.807, 2.05) is 0 Å². The summed E-state index contributed by atoms with van der Waals surface area (Å²) >= 11 is 0. The predicted octanol–water partition coefficient (Wildman–Crippen LogP) is 4.90. The summed E-state index contributed by atoms with van der Waals surface area (Å²) in [7, 11) is 0. The molecule has 0 radical (unpaired) electrons. The molecule has 0 saturated heterocycles. The first-order valence-corrected chi connectivity index (χ1v) is 11.9. The van der Waals surface area contributed by atoms with E-state index in [0.29, 0.717) is 12.8 Å². The van der Waals surface area contributed by atoms with Crippen LogP contribution in [0.1, 0.15) is 142 Å². The molecule has 0 amide bonds. The predicted molar refractivity (Wildman–Crippen MR) is 115 cm³/mol. The summed E-state index contributed by atoms with van der Waals surface area (Å²) in [6.45, 7) is 4.47. The maximum Gasteiger partial charge on any atom is 1.00 e. The van der Waals surface area contributed by atoms with Crippen LogP contribution in [0.3, 0.4) is 0 Å². The molecular weight excluding hydrogens is 359 g/mol. The Labute approximate surface area is 197 Å². The number of carbonyl (C=O) groups is 2. The SMILES string of the molecule is CCCCCCCCCCCC(=O)OC(=O)CCCCCCCCCCC.[Na+]. The van der Waals surface area contributed by atoms with Gasteiger partial charge < -0.3 is 4.74 Å². The molecule has 0 saturated carbocycles. The van der Waals surface area contributed by atoms with Crippen LogP contribution in [0.25, 0.3) is 0 Å². The Morgan fingerprint density at radius 2 is 0.714 bits per heavy atom. The Kier molecular flexibility index (Phi) is 27.3. The van der Waals surface area contributed by atoms with Crippen molar-refractivity contribution >= 4 is 11.9 Å². The third-order valence-electron chi connectivity index (χ3n) is 5.20. The molecule has 0 spiro atoms. The smallest absolute Gasteiger partial charge is 0.393 e. The normalized spacial score (nSPS) is 10.5. The number of rotatable bonds is 20. The Morgan fingerprint density at radius 3 is 1.00 bits per heavy atom. The minimum atomic E-state index is -0.334. The van der Waals surface area contributed by atoms with E-state index in [9.17, 15) is 9.59 Å². The van der Waals surface area contributed by atoms with Crippen LogP contribution in [0.4, 0.5) is 0 Å². The van der Waals surface area contributed by atoms with Gasteiger partial charge in [-0.1, -0.05) is 117 Å². The van der Waals surface area contributed by atoms with Gasteiger partial charge in [0.25, 0.3) is 0 Å². The maximum absolute atomic E-state index is 11.7. The molecular formula is C24H46NaO3+. The van der Waals surface area contributed by atoms with Gasteiger partial charge >= 0.3 is 41.5 Å². The molecule has 0 unspecified atom stereocenters. The molecule has 0 aliphatic heterocycles. The van der Waals surface area contributed by atoms with Crippen molar-refractivity contribution in [3.8, 4) is 0 Å². The zero-order valence-electron chi connectivity index (χ0n) is 19.4. The Bertz CT molecular complexity index is 313. The molecule has 160 valence electrons. The second-order valence-corrected chi connectivity index (χ2v) is 8.00. The van der Waals surface area contributed by atoms with E-state index in [1.54, 1.807) is 0 Å². The van der Waals surface area contributed by atoms with Gasteiger partial charge in [0.05, 0.1) is 0 Å². The van der Waals surface area contributed by atoms with E-state index in [-0.39, 0.29) is 41.5 Å². The number of ether oxygens (including phenoxy) is 1. The largest absolute Gasteiger partial charge is 1.00 e. The molecule has 0 fully saturated rings. The maximum atomic E-state index is 11.7. The van der Waals surface area contributed by atoms with Gasteiger partial charge in [-0.25, -0.2) is 0 Å². The van der Waals surface area contributed by atoms with Gasteiger partial charge in [-0.3, -0.25) is 9.59 Å². The summed E-state index contributed by atoms with van der Waals surface area (Å²) in [5.41, 5.74) is 0. The molecule has 3 nitrogen and oxygen atoms in total. The summed E-state index contributed by atoms with van der Waals surface area (Å²) in [5.74, 6) is -0.669. The van der Waals surface area contributed by atoms with Crippen molar-refractivity contribution < 1.29 is 43.9 Å². The molecule has 0 heterocycles. The molecule has 0 aliphatic rings. The van der Waals surface area contributed by atoms with Crippen LogP contribution in [0, 0.1) is 0 Å². The summed E-state index contributed by atoms with van der Waals surface area (Å²) in [5, 5.41) is 0. The molecule has 28 heavy (non-hydrogen) atoms. The molecule has 0 N–H and O–H groups in total. The second-order valence-electron chi connectivity index (χ2n) is 8.00. The van der Waals surface area contributed by atoms with E-state index >= 15 is 0 Å². The van der Waals surface area contributed by atoms with E-state index in [0.717, 1.165) is 25.7 Å². The average Bonchev–Trinajstić information content (AvgIpc) is 2.65. The van der Waals surface area contributed by atoms with Crippen molar-refractivity contribution in [2.24, 2.45) is 0 Å². The fourth-order valence-electron chi connectivity index (χ4n) is 3.39. The molecule has 0 atom stereocenters. The summed E-state index contributed by atoms with van der Waals surface area (Å²) in [6, 6.07) is 0. The molecule has 4 heteroatoms. The topological polar surface area (TPSA) is 43.4 Å². The summed E-state index contributed by atoms with van der Waals surface area (Å²) in [4.78, 5) is 23.4. The van der Waals surface area contributed by atoms with E-state index in [4.69, 9.17) is 4.74 Å². The standard InChI is InChI=1S/C24H46O3.Na/c1-3-5-7-9-11-13-15-17-19-21-23(25)27-24(26)22-20-18-16-14-12-10-8-6-4-2;/h3-22H2,1-2H3;/q;+1. The van der Waals surface area contributed by atoms with Crippen LogP contribution in [-0.4, -0.2) is 11.9 Å². The molecule has 0 rings (SSSR count). The Morgan fingerprint density at radius 1 is 0.464 bits per heavy atom. The van der Waals surface area contributed by atoms with Gasteiger partial charge in [-0.05, 0) is 12.8 Å². The summed E-state index contributed by atoms with van der Waals surface area (Å²) < 4.78 is 4.92. The Hall–Kier alpha value is 0.140. The van der Waals surface area contributed by atoms with Gasteiger partial charge in [0.2, 0.25) is 0 Å². The van der Waals surface area contributed by atoms with E-state index in [2.05, 4.69) is 13.8 Å².